The summed E-state index contributed by atoms with van der Waals surface area (Å²) >= 11 is 0. The van der Waals surface area contributed by atoms with Crippen molar-refractivity contribution in [1.82, 2.24) is 0 Å². The van der Waals surface area contributed by atoms with Gasteiger partial charge in [-0.25, -0.2) is 0 Å². The molecule has 2 aliphatic heterocycles. The Morgan fingerprint density at radius 1 is 1.10 bits per heavy atom. The van der Waals surface area contributed by atoms with Crippen LogP contribution in [0.1, 0.15) is 25.3 Å². The van der Waals surface area contributed by atoms with Crippen molar-refractivity contribution in [2.24, 2.45) is 0 Å². The quantitative estimate of drug-likeness (QED) is 0.427. The van der Waals surface area contributed by atoms with Crippen LogP contribution < -0.4 is 40.5 Å². The third-order valence-electron chi connectivity index (χ3n) is 5.54. The van der Waals surface area contributed by atoms with Gasteiger partial charge in [0, 0.05) is 12.5 Å². The molecule has 0 unspecified atom stereocenters. The molecule has 29 heavy (non-hydrogen) atoms. The highest BCUT2D eigenvalue weighted by Crippen LogP contribution is 2.41. The molecule has 0 N–H and O–H groups in total. The molecule has 0 amide bonds. The van der Waals surface area contributed by atoms with Crippen LogP contribution in [0.2, 0.25) is 0 Å². The van der Waals surface area contributed by atoms with Crippen molar-refractivity contribution < 1.29 is 40.5 Å². The van der Waals surface area contributed by atoms with E-state index in [0.717, 1.165) is 59.6 Å². The van der Waals surface area contributed by atoms with Crippen LogP contribution in [-0.4, -0.2) is 20.5 Å². The molecule has 1 aromatic heterocycles. The lowest BCUT2D eigenvalue weighted by atomic mass is 9.95. The molecule has 0 saturated heterocycles. The molecule has 0 atom stereocenters. The molecule has 5 nitrogen and oxygen atoms in total. The predicted molar refractivity (Wildman–Crippen MR) is 106 cm³/mol. The third kappa shape index (κ3) is 3.39. The van der Waals surface area contributed by atoms with E-state index in [1.807, 2.05) is 6.07 Å². The molecule has 5 rings (SSSR count). The average Bonchev–Trinajstić information content (AvgIpc) is 3.18. The van der Waals surface area contributed by atoms with E-state index in [1.54, 1.807) is 7.11 Å². The first-order chi connectivity index (χ1) is 13.8. The Morgan fingerprint density at radius 3 is 2.72 bits per heavy atom. The van der Waals surface area contributed by atoms with Crippen molar-refractivity contribution in [2.75, 3.05) is 20.5 Å². The predicted octanol–water partition coefficient (Wildman–Crippen LogP) is 1.27. The lowest BCUT2D eigenvalue weighted by Crippen LogP contribution is -3.00. The van der Waals surface area contributed by atoms with Gasteiger partial charge in [0.05, 0.1) is 24.7 Å². The standard InChI is InChI=1S/C23H24NO4.BrH/c1-3-4-9-26-23-18-13-24-8-7-16-11-21-22(28-14-27-21)12-17(16)19(24)10-15(18)5-6-20(23)25-2;/h5-6,10-13H,3-4,7-9,14H2,1-2H3;1H/q+1;/p-1. The first-order valence-corrected chi connectivity index (χ1v) is 9.88. The molecule has 0 radical (unpaired) electrons. The molecule has 3 heterocycles. The number of aromatic nitrogens is 1. The highest BCUT2D eigenvalue weighted by atomic mass is 79.9. The Kier molecular flexibility index (Phi) is 5.54. The highest BCUT2D eigenvalue weighted by Gasteiger charge is 2.28. The fourth-order valence-corrected chi connectivity index (χ4v) is 4.03. The Hall–Kier alpha value is -2.47. The van der Waals surface area contributed by atoms with Gasteiger partial charge in [-0.2, -0.15) is 4.57 Å². The fourth-order valence-electron chi connectivity index (χ4n) is 4.03. The number of ether oxygens (including phenoxy) is 4. The maximum Gasteiger partial charge on any atom is 0.231 e. The molecule has 6 heteroatoms. The summed E-state index contributed by atoms with van der Waals surface area (Å²) < 4.78 is 25.2. The number of methoxy groups -OCH3 is 1. The number of hydrogen-bond acceptors (Lipinski definition) is 4. The van der Waals surface area contributed by atoms with Gasteiger partial charge in [0.15, 0.2) is 35.7 Å². The molecule has 0 saturated carbocycles. The van der Waals surface area contributed by atoms with E-state index in [0.29, 0.717) is 13.4 Å². The zero-order valence-corrected chi connectivity index (χ0v) is 18.3. The number of hydrogen-bond donors (Lipinski definition) is 0. The van der Waals surface area contributed by atoms with Crippen LogP contribution in [0.25, 0.3) is 22.0 Å². The number of unbranched alkanes of at least 4 members (excludes halogenated alkanes) is 1. The first-order valence-electron chi connectivity index (χ1n) is 9.88. The van der Waals surface area contributed by atoms with Gasteiger partial charge >= 0.3 is 0 Å². The molecule has 152 valence electrons. The van der Waals surface area contributed by atoms with Gasteiger partial charge in [0.25, 0.3) is 0 Å². The van der Waals surface area contributed by atoms with Crippen LogP contribution >= 0.6 is 0 Å². The van der Waals surface area contributed by atoms with Gasteiger partial charge in [0.1, 0.15) is 0 Å². The van der Waals surface area contributed by atoms with Gasteiger partial charge in [0.2, 0.25) is 12.5 Å². The van der Waals surface area contributed by atoms with Crippen LogP contribution in [0.15, 0.2) is 36.5 Å². The van der Waals surface area contributed by atoms with Crippen LogP contribution in [0.3, 0.4) is 0 Å². The van der Waals surface area contributed by atoms with Gasteiger partial charge < -0.3 is 35.9 Å². The smallest absolute Gasteiger partial charge is 0.231 e. The summed E-state index contributed by atoms with van der Waals surface area (Å²) in [5.74, 6) is 3.29. The summed E-state index contributed by atoms with van der Waals surface area (Å²) in [6, 6.07) is 10.6. The number of aryl methyl sites for hydroxylation is 2. The lowest BCUT2D eigenvalue weighted by molar-refractivity contribution is -0.686. The third-order valence-corrected chi connectivity index (χ3v) is 5.54. The molecular weight excluding hydrogens is 434 g/mol. The average molecular weight is 458 g/mol. The van der Waals surface area contributed by atoms with E-state index < -0.39 is 0 Å². The van der Waals surface area contributed by atoms with E-state index in [9.17, 15) is 0 Å². The van der Waals surface area contributed by atoms with Crippen molar-refractivity contribution in [3.05, 3.63) is 42.1 Å². The van der Waals surface area contributed by atoms with Gasteiger partial charge in [-0.1, -0.05) is 13.3 Å². The van der Waals surface area contributed by atoms with Crippen LogP contribution in [0.5, 0.6) is 23.0 Å². The normalized spacial score (nSPS) is 13.4. The van der Waals surface area contributed by atoms with E-state index >= 15 is 0 Å². The van der Waals surface area contributed by atoms with Gasteiger partial charge in [-0.15, -0.1) is 0 Å². The second-order valence-corrected chi connectivity index (χ2v) is 7.27. The molecule has 0 fully saturated rings. The zero-order valence-electron chi connectivity index (χ0n) is 16.7. The molecule has 2 aromatic carbocycles. The molecular formula is C23H24BrNO4. The Balaban J connectivity index is 0.00000205. The summed E-state index contributed by atoms with van der Waals surface area (Å²) in [7, 11) is 1.69. The Bertz CT molecular complexity index is 1070. The van der Waals surface area contributed by atoms with Gasteiger partial charge in [-0.05, 0) is 41.6 Å². The molecule has 0 bridgehead atoms. The molecule has 0 spiro atoms. The summed E-state index contributed by atoms with van der Waals surface area (Å²) in [6.45, 7) is 4.08. The van der Waals surface area contributed by atoms with Crippen LogP contribution in [0, 0.1) is 0 Å². The van der Waals surface area contributed by atoms with Gasteiger partial charge in [-0.3, -0.25) is 0 Å². The Morgan fingerprint density at radius 2 is 1.93 bits per heavy atom. The second-order valence-electron chi connectivity index (χ2n) is 7.27. The largest absolute Gasteiger partial charge is 1.00 e. The summed E-state index contributed by atoms with van der Waals surface area (Å²) in [5, 5.41) is 2.23. The minimum absolute atomic E-state index is 0. The van der Waals surface area contributed by atoms with Crippen molar-refractivity contribution in [1.29, 1.82) is 0 Å². The van der Waals surface area contributed by atoms with Crippen LogP contribution in [-0.2, 0) is 13.0 Å². The monoisotopic (exact) mass is 457 g/mol. The van der Waals surface area contributed by atoms with Crippen molar-refractivity contribution in [3.8, 4) is 34.3 Å². The van der Waals surface area contributed by atoms with Crippen molar-refractivity contribution in [2.45, 2.75) is 32.7 Å². The number of halogens is 1. The number of nitrogens with zero attached hydrogens (tertiary/aromatic N) is 1. The van der Waals surface area contributed by atoms with Crippen molar-refractivity contribution in [3.63, 3.8) is 0 Å². The van der Waals surface area contributed by atoms with E-state index in [-0.39, 0.29) is 17.0 Å². The molecule has 3 aromatic rings. The maximum atomic E-state index is 6.13. The topological polar surface area (TPSA) is 40.8 Å². The maximum absolute atomic E-state index is 6.13. The number of pyridine rings is 1. The zero-order chi connectivity index (χ0) is 19.1. The number of rotatable bonds is 5. The van der Waals surface area contributed by atoms with Crippen LogP contribution in [0.4, 0.5) is 0 Å². The number of benzene rings is 2. The summed E-state index contributed by atoms with van der Waals surface area (Å²) in [5.41, 5.74) is 3.70. The van der Waals surface area contributed by atoms with E-state index in [1.165, 1.54) is 16.8 Å². The fraction of sp³-hybridized carbons (Fsp3) is 0.348. The minimum Gasteiger partial charge on any atom is -1.00 e. The van der Waals surface area contributed by atoms with E-state index in [4.69, 9.17) is 18.9 Å². The summed E-state index contributed by atoms with van der Waals surface area (Å²) in [4.78, 5) is 0. The highest BCUT2D eigenvalue weighted by molar-refractivity contribution is 5.91. The minimum atomic E-state index is 0. The molecule has 0 aliphatic carbocycles. The SMILES string of the molecule is CCCCOc1c(OC)ccc2cc3[n+](cc12)CCc1cc2c(cc1-3)OCO2.[Br-]. The first kappa shape index (κ1) is 19.8. The lowest BCUT2D eigenvalue weighted by Gasteiger charge is -2.18. The van der Waals surface area contributed by atoms with E-state index in [2.05, 4.69) is 42.0 Å². The van der Waals surface area contributed by atoms with Crippen molar-refractivity contribution >= 4 is 10.8 Å². The number of fused-ring (bicyclic) bond motifs is 5. The second kappa shape index (κ2) is 8.11. The molecule has 2 aliphatic rings. The Labute approximate surface area is 180 Å². The summed E-state index contributed by atoms with van der Waals surface area (Å²) in [6.07, 6.45) is 5.29.